The molecule has 29 heavy (non-hydrogen) atoms. The molecule has 0 unspecified atom stereocenters. The topological polar surface area (TPSA) is 84.9 Å². The Kier molecular flexibility index (Phi) is 5.86. The molecule has 0 aliphatic heterocycles. The zero-order valence-electron chi connectivity index (χ0n) is 16.6. The molecular weight excluding hydrogens is 378 g/mol. The molecule has 0 bridgehead atoms. The van der Waals surface area contributed by atoms with Gasteiger partial charge in [-0.3, -0.25) is 4.98 Å². The molecule has 0 aliphatic carbocycles. The monoisotopic (exact) mass is 400 g/mol. The fourth-order valence-electron chi connectivity index (χ4n) is 2.62. The van der Waals surface area contributed by atoms with Crippen molar-refractivity contribution in [2.24, 2.45) is 0 Å². The number of alkyl halides is 2. The first-order valence-corrected chi connectivity index (χ1v) is 9.02. The standard InChI is InChI=1S/C20H22F2N6O/c1-12(2)25-16-11-17(26-13-7-9-23-15(10-13)20(3,21)22)28-18(27-16)14-6-5-8-24-19(14)29-4/h5-12H,1-4H3,(H2,23,25,26,27,28). The SMILES string of the molecule is COc1ncccc1-c1nc(Nc2ccnc(C(C)(F)F)c2)cc(NC(C)C)n1. The lowest BCUT2D eigenvalue weighted by molar-refractivity contribution is 0.0128. The fourth-order valence-corrected chi connectivity index (χ4v) is 2.62. The molecule has 3 aromatic heterocycles. The van der Waals surface area contributed by atoms with Gasteiger partial charge < -0.3 is 15.4 Å². The van der Waals surface area contributed by atoms with Crippen LogP contribution in [0.3, 0.4) is 0 Å². The van der Waals surface area contributed by atoms with Crippen LogP contribution < -0.4 is 15.4 Å². The smallest absolute Gasteiger partial charge is 0.287 e. The van der Waals surface area contributed by atoms with Crippen LogP contribution in [0.15, 0.2) is 42.7 Å². The van der Waals surface area contributed by atoms with Crippen molar-refractivity contribution in [3.63, 3.8) is 0 Å². The van der Waals surface area contributed by atoms with Gasteiger partial charge in [0.25, 0.3) is 5.92 Å². The molecule has 0 aromatic carbocycles. The minimum absolute atomic E-state index is 0.132. The second kappa shape index (κ2) is 8.34. The normalized spacial score (nSPS) is 11.4. The van der Waals surface area contributed by atoms with Gasteiger partial charge in [-0.15, -0.1) is 0 Å². The maximum atomic E-state index is 13.6. The third-order valence-corrected chi connectivity index (χ3v) is 3.85. The summed E-state index contributed by atoms with van der Waals surface area (Å²) in [5.74, 6) is -1.26. The largest absolute Gasteiger partial charge is 0.480 e. The highest BCUT2D eigenvalue weighted by molar-refractivity contribution is 5.68. The Morgan fingerprint density at radius 2 is 1.79 bits per heavy atom. The van der Waals surface area contributed by atoms with E-state index in [1.54, 1.807) is 30.5 Å². The summed E-state index contributed by atoms with van der Waals surface area (Å²) >= 11 is 0. The molecule has 152 valence electrons. The van der Waals surface area contributed by atoms with Gasteiger partial charge in [0.05, 0.1) is 12.7 Å². The lowest BCUT2D eigenvalue weighted by atomic mass is 10.2. The average molecular weight is 400 g/mol. The molecule has 3 aromatic rings. The summed E-state index contributed by atoms with van der Waals surface area (Å²) in [5, 5.41) is 6.28. The van der Waals surface area contributed by atoms with Crippen LogP contribution in [0.4, 0.5) is 26.1 Å². The van der Waals surface area contributed by atoms with Crippen molar-refractivity contribution >= 4 is 17.3 Å². The Labute approximate surface area is 167 Å². The minimum Gasteiger partial charge on any atom is -0.480 e. The first-order chi connectivity index (χ1) is 13.8. The van der Waals surface area contributed by atoms with Crippen molar-refractivity contribution < 1.29 is 13.5 Å². The van der Waals surface area contributed by atoms with Gasteiger partial charge in [-0.25, -0.2) is 15.0 Å². The van der Waals surface area contributed by atoms with Crippen molar-refractivity contribution in [2.75, 3.05) is 17.7 Å². The Morgan fingerprint density at radius 3 is 2.48 bits per heavy atom. The number of halogens is 2. The lowest BCUT2D eigenvalue weighted by Gasteiger charge is -2.15. The van der Waals surface area contributed by atoms with Gasteiger partial charge in [0, 0.05) is 37.1 Å². The van der Waals surface area contributed by atoms with Gasteiger partial charge >= 0.3 is 0 Å². The van der Waals surface area contributed by atoms with E-state index in [1.165, 1.54) is 19.4 Å². The van der Waals surface area contributed by atoms with E-state index in [2.05, 4.69) is 30.6 Å². The van der Waals surface area contributed by atoms with Crippen molar-refractivity contribution in [1.82, 2.24) is 19.9 Å². The highest BCUT2D eigenvalue weighted by Crippen LogP contribution is 2.30. The zero-order valence-corrected chi connectivity index (χ0v) is 16.6. The molecule has 0 spiro atoms. The van der Waals surface area contributed by atoms with Crippen LogP contribution in [0.5, 0.6) is 5.88 Å². The van der Waals surface area contributed by atoms with Crippen molar-refractivity contribution in [2.45, 2.75) is 32.7 Å². The average Bonchev–Trinajstić information content (AvgIpc) is 2.67. The number of nitrogens with one attached hydrogen (secondary N) is 2. The van der Waals surface area contributed by atoms with Gasteiger partial charge in [0.15, 0.2) is 5.82 Å². The molecular formula is C20H22F2N6O. The summed E-state index contributed by atoms with van der Waals surface area (Å²) in [5.41, 5.74) is 0.724. The van der Waals surface area contributed by atoms with Gasteiger partial charge in [-0.05, 0) is 38.1 Å². The van der Waals surface area contributed by atoms with E-state index >= 15 is 0 Å². The second-order valence-electron chi connectivity index (χ2n) is 6.76. The Balaban J connectivity index is 2.02. The van der Waals surface area contributed by atoms with E-state index < -0.39 is 5.92 Å². The van der Waals surface area contributed by atoms with Crippen LogP contribution in [-0.2, 0) is 5.92 Å². The minimum atomic E-state index is -3.04. The molecule has 2 N–H and O–H groups in total. The number of methoxy groups -OCH3 is 1. The number of rotatable bonds is 7. The van der Waals surface area contributed by atoms with Crippen molar-refractivity contribution in [3.05, 3.63) is 48.4 Å². The summed E-state index contributed by atoms with van der Waals surface area (Å²) in [6.07, 6.45) is 2.94. The molecule has 9 heteroatoms. The maximum Gasteiger partial charge on any atom is 0.287 e. The van der Waals surface area contributed by atoms with Gasteiger partial charge in [-0.2, -0.15) is 8.78 Å². The quantitative estimate of drug-likeness (QED) is 0.599. The van der Waals surface area contributed by atoms with Gasteiger partial charge in [0.1, 0.15) is 17.3 Å². The maximum absolute atomic E-state index is 13.6. The van der Waals surface area contributed by atoms with Crippen LogP contribution in [0, 0.1) is 0 Å². The summed E-state index contributed by atoms with van der Waals surface area (Å²) in [4.78, 5) is 17.0. The number of ether oxygens (including phenoxy) is 1. The zero-order chi connectivity index (χ0) is 21.0. The highest BCUT2D eigenvalue weighted by atomic mass is 19.3. The Morgan fingerprint density at radius 1 is 1.03 bits per heavy atom. The number of hydrogen-bond acceptors (Lipinski definition) is 7. The van der Waals surface area contributed by atoms with E-state index in [9.17, 15) is 8.78 Å². The van der Waals surface area contributed by atoms with Crippen molar-refractivity contribution in [3.8, 4) is 17.3 Å². The van der Waals surface area contributed by atoms with E-state index in [1.807, 2.05) is 13.8 Å². The second-order valence-corrected chi connectivity index (χ2v) is 6.76. The molecule has 0 saturated heterocycles. The number of hydrogen-bond donors (Lipinski definition) is 2. The Hall–Kier alpha value is -3.36. The summed E-state index contributed by atoms with van der Waals surface area (Å²) < 4.78 is 32.5. The molecule has 3 rings (SSSR count). The van der Waals surface area contributed by atoms with Gasteiger partial charge in [0.2, 0.25) is 5.88 Å². The molecule has 0 aliphatic rings. The van der Waals surface area contributed by atoms with Crippen molar-refractivity contribution in [1.29, 1.82) is 0 Å². The van der Waals surface area contributed by atoms with E-state index in [0.717, 1.165) is 6.92 Å². The summed E-state index contributed by atoms with van der Waals surface area (Å²) in [6.45, 7) is 4.78. The van der Waals surface area contributed by atoms with Gasteiger partial charge in [-0.1, -0.05) is 0 Å². The highest BCUT2D eigenvalue weighted by Gasteiger charge is 2.26. The molecule has 0 atom stereocenters. The van der Waals surface area contributed by atoms with E-state index in [0.29, 0.717) is 34.6 Å². The van der Waals surface area contributed by atoms with Crippen LogP contribution in [0.25, 0.3) is 11.4 Å². The number of pyridine rings is 2. The Bertz CT molecular complexity index is 991. The predicted octanol–water partition coefficient (Wildman–Crippen LogP) is 4.62. The van der Waals surface area contributed by atoms with Crippen LogP contribution in [-0.4, -0.2) is 33.1 Å². The molecule has 0 radical (unpaired) electrons. The van der Waals surface area contributed by atoms with E-state index in [4.69, 9.17) is 4.74 Å². The predicted molar refractivity (Wildman–Crippen MR) is 108 cm³/mol. The van der Waals surface area contributed by atoms with Crippen LogP contribution in [0.2, 0.25) is 0 Å². The number of nitrogens with zero attached hydrogens (tertiary/aromatic N) is 4. The lowest BCUT2D eigenvalue weighted by Crippen LogP contribution is -2.13. The van der Waals surface area contributed by atoms with Crippen LogP contribution in [0.1, 0.15) is 26.5 Å². The molecule has 0 saturated carbocycles. The number of aromatic nitrogens is 4. The molecule has 7 nitrogen and oxygen atoms in total. The summed E-state index contributed by atoms with van der Waals surface area (Å²) in [6, 6.07) is 8.28. The first-order valence-electron chi connectivity index (χ1n) is 9.02. The summed E-state index contributed by atoms with van der Waals surface area (Å²) in [7, 11) is 1.52. The molecule has 0 fully saturated rings. The first kappa shape index (κ1) is 20.4. The fraction of sp³-hybridized carbons (Fsp3) is 0.300. The molecule has 0 amide bonds. The third kappa shape index (κ3) is 5.13. The third-order valence-electron chi connectivity index (χ3n) is 3.85. The number of anilines is 3. The van der Waals surface area contributed by atoms with Crippen LogP contribution >= 0.6 is 0 Å². The molecule has 3 heterocycles. The van der Waals surface area contributed by atoms with E-state index in [-0.39, 0.29) is 11.7 Å².